The molecule has 0 amide bonds. The van der Waals surface area contributed by atoms with Gasteiger partial charge in [0.2, 0.25) is 10.9 Å². The monoisotopic (exact) mass is 311 g/mol. The SMILES string of the molecule is O=c1c(NCCc2ccccc2)c(-c2ccc(Cl)cc2)c1=O. The van der Waals surface area contributed by atoms with E-state index < -0.39 is 10.9 Å². The minimum absolute atomic E-state index is 0.406. The summed E-state index contributed by atoms with van der Waals surface area (Å²) in [6, 6.07) is 16.9. The highest BCUT2D eigenvalue weighted by Gasteiger charge is 2.21. The van der Waals surface area contributed by atoms with E-state index in [4.69, 9.17) is 11.6 Å². The standard InChI is InChI=1S/C18H14ClNO2/c19-14-8-6-13(7-9-14)15-16(18(22)17(15)21)20-11-10-12-4-2-1-3-5-12/h1-9,20H,10-11H2. The van der Waals surface area contributed by atoms with Crippen molar-refractivity contribution < 1.29 is 0 Å². The van der Waals surface area contributed by atoms with E-state index in [9.17, 15) is 9.59 Å². The average Bonchev–Trinajstić information content (AvgIpc) is 2.56. The lowest BCUT2D eigenvalue weighted by atomic mass is 9.98. The van der Waals surface area contributed by atoms with Crippen LogP contribution in [0.5, 0.6) is 0 Å². The summed E-state index contributed by atoms with van der Waals surface area (Å²) in [4.78, 5) is 23.6. The number of nitrogens with one attached hydrogen (secondary N) is 1. The van der Waals surface area contributed by atoms with Gasteiger partial charge in [-0.1, -0.05) is 54.1 Å². The van der Waals surface area contributed by atoms with Gasteiger partial charge >= 0.3 is 0 Å². The highest BCUT2D eigenvalue weighted by atomic mass is 35.5. The Kier molecular flexibility index (Phi) is 4.07. The maximum Gasteiger partial charge on any atom is 0.250 e. The van der Waals surface area contributed by atoms with Crippen molar-refractivity contribution in [1.82, 2.24) is 0 Å². The number of anilines is 1. The predicted molar refractivity (Wildman–Crippen MR) is 90.4 cm³/mol. The van der Waals surface area contributed by atoms with E-state index in [0.717, 1.165) is 12.0 Å². The molecule has 0 radical (unpaired) electrons. The third-order valence-electron chi connectivity index (χ3n) is 3.60. The van der Waals surface area contributed by atoms with Crippen molar-refractivity contribution in [2.45, 2.75) is 6.42 Å². The van der Waals surface area contributed by atoms with Gasteiger partial charge in [0, 0.05) is 11.6 Å². The molecule has 3 aromatic rings. The molecule has 0 aliphatic carbocycles. The van der Waals surface area contributed by atoms with E-state index in [0.29, 0.717) is 22.8 Å². The molecule has 0 saturated carbocycles. The fraction of sp³-hybridized carbons (Fsp3) is 0.111. The third kappa shape index (κ3) is 2.81. The Balaban J connectivity index is 1.75. The molecule has 0 aliphatic rings. The maximum atomic E-state index is 11.8. The van der Waals surface area contributed by atoms with Crippen LogP contribution in [0.1, 0.15) is 5.56 Å². The van der Waals surface area contributed by atoms with Gasteiger partial charge in [0.1, 0.15) is 0 Å². The Morgan fingerprint density at radius 3 is 2.23 bits per heavy atom. The van der Waals surface area contributed by atoms with E-state index >= 15 is 0 Å². The first-order valence-electron chi connectivity index (χ1n) is 7.04. The molecule has 0 saturated heterocycles. The van der Waals surface area contributed by atoms with Crippen molar-refractivity contribution in [3.05, 3.63) is 85.6 Å². The molecule has 0 unspecified atom stereocenters. The van der Waals surface area contributed by atoms with Gasteiger partial charge < -0.3 is 5.32 Å². The number of rotatable bonds is 5. The first kappa shape index (κ1) is 14.5. The highest BCUT2D eigenvalue weighted by Crippen LogP contribution is 2.24. The van der Waals surface area contributed by atoms with Crippen LogP contribution in [0.15, 0.2) is 64.2 Å². The Labute approximate surface area is 132 Å². The number of hydrogen-bond acceptors (Lipinski definition) is 3. The van der Waals surface area contributed by atoms with Crippen LogP contribution in [0.2, 0.25) is 5.02 Å². The van der Waals surface area contributed by atoms with Gasteiger partial charge in [0.15, 0.2) is 0 Å². The highest BCUT2D eigenvalue weighted by molar-refractivity contribution is 6.30. The van der Waals surface area contributed by atoms with Gasteiger partial charge in [-0.15, -0.1) is 0 Å². The van der Waals surface area contributed by atoms with Gasteiger partial charge in [0.05, 0.1) is 11.3 Å². The fourth-order valence-corrected chi connectivity index (χ4v) is 2.55. The van der Waals surface area contributed by atoms with Gasteiger partial charge in [0.25, 0.3) is 0 Å². The van der Waals surface area contributed by atoms with Gasteiger partial charge in [-0.05, 0) is 29.7 Å². The zero-order valence-corrected chi connectivity index (χ0v) is 12.6. The molecule has 0 fully saturated rings. The van der Waals surface area contributed by atoms with E-state index in [1.54, 1.807) is 24.3 Å². The smallest absolute Gasteiger partial charge is 0.250 e. The quantitative estimate of drug-likeness (QED) is 0.736. The molecule has 0 atom stereocenters. The summed E-state index contributed by atoms with van der Waals surface area (Å²) in [6.45, 7) is 0.607. The molecule has 22 heavy (non-hydrogen) atoms. The molecule has 1 N–H and O–H groups in total. The second-order valence-electron chi connectivity index (χ2n) is 5.08. The number of halogens is 1. The molecule has 0 heterocycles. The zero-order chi connectivity index (χ0) is 15.5. The van der Waals surface area contributed by atoms with Gasteiger partial charge in [-0.3, -0.25) is 9.59 Å². The predicted octanol–water partition coefficient (Wildman–Crippen LogP) is 3.26. The Morgan fingerprint density at radius 2 is 1.55 bits per heavy atom. The van der Waals surface area contributed by atoms with Crippen LogP contribution in [-0.2, 0) is 6.42 Å². The van der Waals surface area contributed by atoms with Crippen LogP contribution in [0.4, 0.5) is 5.69 Å². The molecule has 3 rings (SSSR count). The lowest BCUT2D eigenvalue weighted by Crippen LogP contribution is -2.36. The molecule has 3 aromatic carbocycles. The Hall–Kier alpha value is -2.39. The summed E-state index contributed by atoms with van der Waals surface area (Å²) < 4.78 is 0. The van der Waals surface area contributed by atoms with Crippen molar-refractivity contribution >= 4 is 17.3 Å². The summed E-state index contributed by atoms with van der Waals surface area (Å²) in [5.41, 5.74) is 1.87. The molecule has 3 nitrogen and oxygen atoms in total. The fourth-order valence-electron chi connectivity index (χ4n) is 2.43. The zero-order valence-electron chi connectivity index (χ0n) is 11.8. The molecule has 0 bridgehead atoms. The van der Waals surface area contributed by atoms with Gasteiger partial charge in [-0.25, -0.2) is 0 Å². The molecular weight excluding hydrogens is 298 g/mol. The van der Waals surface area contributed by atoms with E-state index in [1.807, 2.05) is 30.3 Å². The second kappa shape index (κ2) is 6.16. The maximum absolute atomic E-state index is 11.8. The normalized spacial score (nSPS) is 10.8. The summed E-state index contributed by atoms with van der Waals surface area (Å²) in [5.74, 6) is 0. The van der Waals surface area contributed by atoms with Crippen LogP contribution >= 0.6 is 11.6 Å². The van der Waals surface area contributed by atoms with Crippen molar-refractivity contribution in [3.8, 4) is 11.1 Å². The summed E-state index contributed by atoms with van der Waals surface area (Å²) in [6.07, 6.45) is 0.791. The van der Waals surface area contributed by atoms with Gasteiger partial charge in [-0.2, -0.15) is 0 Å². The lowest BCUT2D eigenvalue weighted by molar-refractivity contribution is 1.01. The van der Waals surface area contributed by atoms with Crippen LogP contribution in [0.25, 0.3) is 11.1 Å². The number of hydrogen-bond donors (Lipinski definition) is 1. The molecule has 110 valence electrons. The van der Waals surface area contributed by atoms with Crippen LogP contribution < -0.4 is 16.2 Å². The molecule has 0 spiro atoms. The Morgan fingerprint density at radius 1 is 0.864 bits per heavy atom. The Bertz CT molecular complexity index is 847. The first-order valence-corrected chi connectivity index (χ1v) is 7.41. The topological polar surface area (TPSA) is 46.2 Å². The largest absolute Gasteiger partial charge is 0.381 e. The average molecular weight is 312 g/mol. The van der Waals surface area contributed by atoms with E-state index in [2.05, 4.69) is 5.32 Å². The lowest BCUT2D eigenvalue weighted by Gasteiger charge is -2.13. The number of benzene rings is 2. The molecule has 0 aliphatic heterocycles. The summed E-state index contributed by atoms with van der Waals surface area (Å²) >= 11 is 5.85. The van der Waals surface area contributed by atoms with Crippen LogP contribution in [-0.4, -0.2) is 6.54 Å². The summed E-state index contributed by atoms with van der Waals surface area (Å²) in [7, 11) is 0. The van der Waals surface area contributed by atoms with E-state index in [-0.39, 0.29) is 0 Å². The van der Waals surface area contributed by atoms with E-state index in [1.165, 1.54) is 5.56 Å². The van der Waals surface area contributed by atoms with Crippen molar-refractivity contribution in [3.63, 3.8) is 0 Å². The molecule has 4 heteroatoms. The first-order chi connectivity index (χ1) is 10.7. The minimum atomic E-state index is -0.446. The van der Waals surface area contributed by atoms with Crippen molar-refractivity contribution in [2.24, 2.45) is 0 Å². The van der Waals surface area contributed by atoms with Crippen LogP contribution in [0.3, 0.4) is 0 Å². The summed E-state index contributed by atoms with van der Waals surface area (Å²) in [5, 5.41) is 3.69. The van der Waals surface area contributed by atoms with Crippen molar-refractivity contribution in [2.75, 3.05) is 11.9 Å². The minimum Gasteiger partial charge on any atom is -0.381 e. The third-order valence-corrected chi connectivity index (χ3v) is 3.85. The second-order valence-corrected chi connectivity index (χ2v) is 5.51. The van der Waals surface area contributed by atoms with Crippen molar-refractivity contribution in [1.29, 1.82) is 0 Å². The molecular formula is C18H14ClNO2. The van der Waals surface area contributed by atoms with Crippen LogP contribution in [0, 0.1) is 0 Å². The molecule has 0 aromatic heterocycles.